The number of carbonyl (C=O) groups excluding carboxylic acids is 2. The molecule has 6 heteroatoms. The van der Waals surface area contributed by atoms with Gasteiger partial charge >= 0.3 is 11.8 Å². The zero-order chi connectivity index (χ0) is 17.5. The van der Waals surface area contributed by atoms with Crippen molar-refractivity contribution in [2.24, 2.45) is 0 Å². The summed E-state index contributed by atoms with van der Waals surface area (Å²) in [6, 6.07) is 13.2. The van der Waals surface area contributed by atoms with Crippen molar-refractivity contribution >= 4 is 17.5 Å². The quantitative estimate of drug-likeness (QED) is 0.732. The zero-order valence-corrected chi connectivity index (χ0v) is 13.3. The lowest BCUT2D eigenvalue weighted by molar-refractivity contribution is -0.136. The smallest absolute Gasteiger partial charge is 0.313 e. The normalized spacial score (nSPS) is 11.6. The molecule has 0 aliphatic heterocycles. The van der Waals surface area contributed by atoms with E-state index in [9.17, 15) is 19.1 Å². The van der Waals surface area contributed by atoms with E-state index in [1.54, 1.807) is 6.92 Å². The predicted octanol–water partition coefficient (Wildman–Crippen LogP) is 1.79. The van der Waals surface area contributed by atoms with Crippen LogP contribution in [0.5, 0.6) is 0 Å². The van der Waals surface area contributed by atoms with Crippen molar-refractivity contribution in [1.29, 1.82) is 0 Å². The first kappa shape index (κ1) is 17.6. The Hall–Kier alpha value is -2.73. The molecular formula is C18H19FN2O3. The molecule has 2 aromatic carbocycles. The molecule has 0 bridgehead atoms. The molecule has 5 nitrogen and oxygen atoms in total. The van der Waals surface area contributed by atoms with Crippen LogP contribution in [0.3, 0.4) is 0 Å². The van der Waals surface area contributed by atoms with Crippen LogP contribution in [0, 0.1) is 12.7 Å². The minimum atomic E-state index is -0.907. The Morgan fingerprint density at radius 3 is 2.54 bits per heavy atom. The lowest BCUT2D eigenvalue weighted by Crippen LogP contribution is -2.40. The summed E-state index contributed by atoms with van der Waals surface area (Å²) in [7, 11) is 0. The Balaban J connectivity index is 1.83. The molecule has 2 amide bonds. The van der Waals surface area contributed by atoms with Crippen LogP contribution in [-0.2, 0) is 16.0 Å². The molecule has 3 N–H and O–H groups in total. The van der Waals surface area contributed by atoms with Crippen molar-refractivity contribution in [2.75, 3.05) is 11.9 Å². The maximum Gasteiger partial charge on any atom is 0.313 e. The second-order valence-corrected chi connectivity index (χ2v) is 5.47. The second-order valence-electron chi connectivity index (χ2n) is 5.47. The van der Waals surface area contributed by atoms with E-state index in [1.165, 1.54) is 12.1 Å². The fourth-order valence-corrected chi connectivity index (χ4v) is 2.16. The Morgan fingerprint density at radius 2 is 1.83 bits per heavy atom. The first-order chi connectivity index (χ1) is 11.5. The van der Waals surface area contributed by atoms with Crippen molar-refractivity contribution in [3.05, 3.63) is 65.5 Å². The Labute approximate surface area is 139 Å². The van der Waals surface area contributed by atoms with Crippen LogP contribution < -0.4 is 10.6 Å². The molecule has 0 aliphatic rings. The molecule has 0 saturated heterocycles. The zero-order valence-electron chi connectivity index (χ0n) is 13.3. The number of anilines is 1. The van der Waals surface area contributed by atoms with Crippen LogP contribution in [0.15, 0.2) is 48.5 Å². The number of amides is 2. The van der Waals surface area contributed by atoms with E-state index in [4.69, 9.17) is 0 Å². The van der Waals surface area contributed by atoms with Gasteiger partial charge in [0.25, 0.3) is 0 Å². The van der Waals surface area contributed by atoms with E-state index in [1.807, 2.05) is 30.3 Å². The summed E-state index contributed by atoms with van der Waals surface area (Å²) in [5.74, 6) is -2.30. The molecule has 24 heavy (non-hydrogen) atoms. The van der Waals surface area contributed by atoms with E-state index in [2.05, 4.69) is 10.6 Å². The average molecular weight is 330 g/mol. The van der Waals surface area contributed by atoms with Crippen LogP contribution in [0.2, 0.25) is 0 Å². The predicted molar refractivity (Wildman–Crippen MR) is 88.9 cm³/mol. The van der Waals surface area contributed by atoms with E-state index in [0.717, 1.165) is 11.6 Å². The van der Waals surface area contributed by atoms with Gasteiger partial charge in [-0.1, -0.05) is 36.4 Å². The number of nitrogens with one attached hydrogen (secondary N) is 2. The van der Waals surface area contributed by atoms with Gasteiger partial charge in [-0.2, -0.15) is 0 Å². The highest BCUT2D eigenvalue weighted by Gasteiger charge is 2.16. The first-order valence-electron chi connectivity index (χ1n) is 7.53. The molecule has 0 aromatic heterocycles. The molecule has 0 radical (unpaired) electrons. The molecule has 2 rings (SSSR count). The number of hydrogen-bond acceptors (Lipinski definition) is 3. The molecule has 1 unspecified atom stereocenters. The van der Waals surface area contributed by atoms with Crippen LogP contribution >= 0.6 is 0 Å². The maximum absolute atomic E-state index is 13.2. The lowest BCUT2D eigenvalue weighted by atomic mass is 10.1. The molecule has 0 aliphatic carbocycles. The van der Waals surface area contributed by atoms with Gasteiger partial charge in [-0.05, 0) is 30.2 Å². The van der Waals surface area contributed by atoms with Gasteiger partial charge in [-0.15, -0.1) is 0 Å². The molecule has 126 valence electrons. The number of benzene rings is 2. The fraction of sp³-hybridized carbons (Fsp3) is 0.222. The monoisotopic (exact) mass is 330 g/mol. The van der Waals surface area contributed by atoms with Crippen LogP contribution in [-0.4, -0.2) is 29.6 Å². The van der Waals surface area contributed by atoms with Crippen molar-refractivity contribution in [1.82, 2.24) is 5.32 Å². The fourth-order valence-electron chi connectivity index (χ4n) is 2.16. The van der Waals surface area contributed by atoms with Gasteiger partial charge in [0.1, 0.15) is 5.82 Å². The van der Waals surface area contributed by atoms with Crippen LogP contribution in [0.1, 0.15) is 11.1 Å². The molecule has 2 aromatic rings. The highest BCUT2D eigenvalue weighted by molar-refractivity contribution is 6.39. The number of aliphatic hydroxyl groups excluding tert-OH is 1. The summed E-state index contributed by atoms with van der Waals surface area (Å²) in [4.78, 5) is 23.6. The molecule has 1 atom stereocenters. The van der Waals surface area contributed by atoms with E-state index in [-0.39, 0.29) is 12.2 Å². The first-order valence-corrected chi connectivity index (χ1v) is 7.53. The van der Waals surface area contributed by atoms with Gasteiger partial charge in [0.15, 0.2) is 0 Å². The average Bonchev–Trinajstić information content (AvgIpc) is 2.57. The highest BCUT2D eigenvalue weighted by atomic mass is 19.1. The standard InChI is InChI=1S/C18H19FN2O3/c1-12-7-8-14(19)10-16(12)21-18(24)17(23)20-11-15(22)9-13-5-3-2-4-6-13/h2-8,10,15,22H,9,11H2,1H3,(H,20,23)(H,21,24). The molecule has 0 saturated carbocycles. The van der Waals surface area contributed by atoms with E-state index in [0.29, 0.717) is 12.0 Å². The third-order valence-electron chi connectivity index (χ3n) is 3.47. The molecule has 0 spiro atoms. The SMILES string of the molecule is Cc1ccc(F)cc1NC(=O)C(=O)NCC(O)Cc1ccccc1. The minimum Gasteiger partial charge on any atom is -0.391 e. The third kappa shape index (κ3) is 5.17. The number of aryl methyl sites for hydroxylation is 1. The summed E-state index contributed by atoms with van der Waals surface area (Å²) < 4.78 is 13.2. The van der Waals surface area contributed by atoms with Gasteiger partial charge in [0.05, 0.1) is 6.10 Å². The van der Waals surface area contributed by atoms with Crippen LogP contribution in [0.4, 0.5) is 10.1 Å². The molecule has 0 fully saturated rings. The summed E-state index contributed by atoms with van der Waals surface area (Å²) in [6.45, 7) is 1.64. The second kappa shape index (κ2) is 8.21. The van der Waals surface area contributed by atoms with Gasteiger partial charge in [-0.25, -0.2) is 4.39 Å². The topological polar surface area (TPSA) is 78.4 Å². The van der Waals surface area contributed by atoms with E-state index >= 15 is 0 Å². The third-order valence-corrected chi connectivity index (χ3v) is 3.47. The van der Waals surface area contributed by atoms with Gasteiger partial charge in [0, 0.05) is 18.7 Å². The largest absolute Gasteiger partial charge is 0.391 e. The number of carbonyl (C=O) groups is 2. The number of rotatable bonds is 5. The van der Waals surface area contributed by atoms with Gasteiger partial charge < -0.3 is 15.7 Å². The Bertz CT molecular complexity index is 719. The van der Waals surface area contributed by atoms with Gasteiger partial charge in [-0.3, -0.25) is 9.59 Å². The summed E-state index contributed by atoms with van der Waals surface area (Å²) >= 11 is 0. The number of aliphatic hydroxyl groups is 1. The van der Waals surface area contributed by atoms with E-state index < -0.39 is 23.7 Å². The lowest BCUT2D eigenvalue weighted by Gasteiger charge is -2.12. The minimum absolute atomic E-state index is 0.0523. The Morgan fingerprint density at radius 1 is 1.12 bits per heavy atom. The van der Waals surface area contributed by atoms with Crippen molar-refractivity contribution < 1.29 is 19.1 Å². The van der Waals surface area contributed by atoms with Crippen molar-refractivity contribution in [2.45, 2.75) is 19.4 Å². The molecule has 0 heterocycles. The Kier molecular flexibility index (Phi) is 6.03. The summed E-state index contributed by atoms with van der Waals surface area (Å²) in [5.41, 5.74) is 1.81. The van der Waals surface area contributed by atoms with Gasteiger partial charge in [0.2, 0.25) is 0 Å². The van der Waals surface area contributed by atoms with Crippen molar-refractivity contribution in [3.63, 3.8) is 0 Å². The molecular weight excluding hydrogens is 311 g/mol. The van der Waals surface area contributed by atoms with Crippen molar-refractivity contribution in [3.8, 4) is 0 Å². The number of halogens is 1. The number of hydrogen-bond donors (Lipinski definition) is 3. The summed E-state index contributed by atoms with van der Waals surface area (Å²) in [6.07, 6.45) is -0.439. The maximum atomic E-state index is 13.2. The highest BCUT2D eigenvalue weighted by Crippen LogP contribution is 2.15. The summed E-state index contributed by atoms with van der Waals surface area (Å²) in [5, 5.41) is 14.6. The van der Waals surface area contributed by atoms with Crippen LogP contribution in [0.25, 0.3) is 0 Å².